The molecule has 6 nitrogen and oxygen atoms in total. The highest BCUT2D eigenvalue weighted by molar-refractivity contribution is 6.48. The summed E-state index contributed by atoms with van der Waals surface area (Å²) >= 11 is 0. The van der Waals surface area contributed by atoms with Crippen LogP contribution in [0, 0.1) is 11.3 Å². The van der Waals surface area contributed by atoms with Gasteiger partial charge in [0, 0.05) is 13.0 Å². The molecule has 134 valence electrons. The molecule has 0 aromatic rings. The SMILES string of the molecule is C[SiH](C)O[C@]1(C(=O)O)C[C@H](C(C)(C)C)CN1C(=O)OC(C)(C)C. The summed E-state index contributed by atoms with van der Waals surface area (Å²) in [4.78, 5) is 26.0. The molecule has 1 saturated heterocycles. The number of ether oxygens (including phenoxy) is 1. The number of nitrogens with zero attached hydrogens (tertiary/aromatic N) is 1. The van der Waals surface area contributed by atoms with Crippen molar-refractivity contribution in [2.24, 2.45) is 11.3 Å². The van der Waals surface area contributed by atoms with Gasteiger partial charge in [-0.3, -0.25) is 4.90 Å². The number of carbonyl (C=O) groups excluding carboxylic acids is 1. The van der Waals surface area contributed by atoms with E-state index in [0.29, 0.717) is 6.54 Å². The Morgan fingerprint density at radius 1 is 1.17 bits per heavy atom. The minimum absolute atomic E-state index is 0.0267. The van der Waals surface area contributed by atoms with Gasteiger partial charge in [-0.15, -0.1) is 0 Å². The van der Waals surface area contributed by atoms with Crippen molar-refractivity contribution in [3.63, 3.8) is 0 Å². The van der Waals surface area contributed by atoms with E-state index in [1.165, 1.54) is 4.90 Å². The zero-order chi connectivity index (χ0) is 18.2. The average Bonchev–Trinajstić information content (AvgIpc) is 2.66. The highest BCUT2D eigenvalue weighted by Gasteiger charge is 2.58. The molecule has 1 amide bonds. The Labute approximate surface area is 140 Å². The minimum Gasteiger partial charge on any atom is -0.478 e. The molecule has 23 heavy (non-hydrogen) atoms. The lowest BCUT2D eigenvalue weighted by atomic mass is 9.79. The first-order valence-electron chi connectivity index (χ1n) is 8.11. The van der Waals surface area contributed by atoms with Crippen molar-refractivity contribution in [2.45, 2.75) is 72.4 Å². The summed E-state index contributed by atoms with van der Waals surface area (Å²) < 4.78 is 11.3. The van der Waals surface area contributed by atoms with Crippen LogP contribution in [0.3, 0.4) is 0 Å². The van der Waals surface area contributed by atoms with E-state index in [-0.39, 0.29) is 17.8 Å². The molecule has 0 aromatic heterocycles. The fraction of sp³-hybridized carbons (Fsp3) is 0.875. The Kier molecular flexibility index (Phi) is 5.58. The summed E-state index contributed by atoms with van der Waals surface area (Å²) in [5.74, 6) is -1.09. The summed E-state index contributed by atoms with van der Waals surface area (Å²) in [6, 6.07) is 0. The number of hydrogen-bond donors (Lipinski definition) is 1. The van der Waals surface area contributed by atoms with Gasteiger partial charge in [-0.2, -0.15) is 0 Å². The van der Waals surface area contributed by atoms with Gasteiger partial charge in [-0.25, -0.2) is 9.59 Å². The lowest BCUT2D eigenvalue weighted by Crippen LogP contribution is -2.57. The van der Waals surface area contributed by atoms with Crippen molar-refractivity contribution in [3.8, 4) is 0 Å². The molecule has 0 aromatic carbocycles. The van der Waals surface area contributed by atoms with Crippen LogP contribution in [-0.2, 0) is 14.0 Å². The summed E-state index contributed by atoms with van der Waals surface area (Å²) in [6.07, 6.45) is -0.336. The number of carboxylic acids is 1. The Balaban J connectivity index is 3.24. The van der Waals surface area contributed by atoms with E-state index in [2.05, 4.69) is 20.8 Å². The molecule has 7 heteroatoms. The number of amides is 1. The van der Waals surface area contributed by atoms with Gasteiger partial charge in [0.05, 0.1) is 0 Å². The van der Waals surface area contributed by atoms with Crippen molar-refractivity contribution < 1.29 is 23.9 Å². The predicted molar refractivity (Wildman–Crippen MR) is 90.8 cm³/mol. The van der Waals surface area contributed by atoms with E-state index >= 15 is 0 Å². The summed E-state index contributed by atoms with van der Waals surface area (Å²) in [5.41, 5.74) is -2.42. The van der Waals surface area contributed by atoms with Gasteiger partial charge in [0.15, 0.2) is 9.04 Å². The Hall–Kier alpha value is -1.08. The Morgan fingerprint density at radius 2 is 1.70 bits per heavy atom. The Morgan fingerprint density at radius 3 is 2.04 bits per heavy atom. The largest absolute Gasteiger partial charge is 0.478 e. The second kappa shape index (κ2) is 6.43. The normalized spacial score (nSPS) is 25.8. The van der Waals surface area contributed by atoms with Crippen molar-refractivity contribution in [3.05, 3.63) is 0 Å². The molecule has 0 saturated carbocycles. The quantitative estimate of drug-likeness (QED) is 0.796. The monoisotopic (exact) mass is 345 g/mol. The molecule has 1 aliphatic heterocycles. The molecule has 0 unspecified atom stereocenters. The molecule has 0 aliphatic carbocycles. The fourth-order valence-electron chi connectivity index (χ4n) is 2.75. The highest BCUT2D eigenvalue weighted by Crippen LogP contribution is 2.44. The molecular weight excluding hydrogens is 314 g/mol. The first kappa shape index (κ1) is 20.0. The number of likely N-dealkylation sites (tertiary alicyclic amines) is 1. The fourth-order valence-corrected chi connectivity index (χ4v) is 3.85. The molecule has 1 N–H and O–H groups in total. The van der Waals surface area contributed by atoms with Gasteiger partial charge in [0.25, 0.3) is 0 Å². The van der Waals surface area contributed by atoms with Crippen LogP contribution in [0.25, 0.3) is 0 Å². The minimum atomic E-state index is -1.69. The molecule has 1 heterocycles. The third-order valence-electron chi connectivity index (χ3n) is 3.97. The van der Waals surface area contributed by atoms with E-state index < -0.39 is 32.4 Å². The molecular formula is C16H31NO5Si. The molecule has 1 rings (SSSR count). The lowest BCUT2D eigenvalue weighted by Gasteiger charge is -2.36. The van der Waals surface area contributed by atoms with Crippen molar-refractivity contribution in [1.82, 2.24) is 4.90 Å². The van der Waals surface area contributed by atoms with Crippen LogP contribution in [0.15, 0.2) is 0 Å². The van der Waals surface area contributed by atoms with Gasteiger partial charge in [0.1, 0.15) is 5.60 Å². The number of hydrogen-bond acceptors (Lipinski definition) is 4. The topological polar surface area (TPSA) is 76.1 Å². The van der Waals surface area contributed by atoms with Gasteiger partial charge in [-0.05, 0) is 45.2 Å². The van der Waals surface area contributed by atoms with Gasteiger partial charge >= 0.3 is 12.1 Å². The van der Waals surface area contributed by atoms with Gasteiger partial charge < -0.3 is 14.3 Å². The second-order valence-corrected chi connectivity index (χ2v) is 10.9. The highest BCUT2D eigenvalue weighted by atomic mass is 28.3. The first-order valence-corrected chi connectivity index (χ1v) is 10.9. The zero-order valence-electron chi connectivity index (χ0n) is 15.6. The van der Waals surface area contributed by atoms with Crippen molar-refractivity contribution >= 4 is 21.1 Å². The average molecular weight is 346 g/mol. The maximum atomic E-state index is 12.6. The number of carbonyl (C=O) groups is 2. The van der Waals surface area contributed by atoms with E-state index in [4.69, 9.17) is 9.16 Å². The number of rotatable bonds is 3. The molecule has 2 atom stereocenters. The first-order chi connectivity index (χ1) is 10.2. The molecule has 0 radical (unpaired) electrons. The maximum Gasteiger partial charge on any atom is 0.413 e. The number of carboxylic acid groups (broad SMARTS) is 1. The van der Waals surface area contributed by atoms with E-state index in [0.717, 1.165) is 0 Å². The zero-order valence-corrected chi connectivity index (χ0v) is 16.8. The summed E-state index contributed by atoms with van der Waals surface area (Å²) in [5, 5.41) is 9.86. The van der Waals surface area contributed by atoms with Crippen LogP contribution in [0.2, 0.25) is 13.1 Å². The second-order valence-electron chi connectivity index (χ2n) is 8.61. The lowest BCUT2D eigenvalue weighted by molar-refractivity contribution is -0.170. The summed E-state index contributed by atoms with van der Waals surface area (Å²) in [7, 11) is -1.69. The van der Waals surface area contributed by atoms with E-state index in [1.807, 2.05) is 13.1 Å². The van der Waals surface area contributed by atoms with Crippen molar-refractivity contribution in [2.75, 3.05) is 6.54 Å². The molecule has 1 fully saturated rings. The van der Waals surface area contributed by atoms with E-state index in [1.54, 1.807) is 20.8 Å². The van der Waals surface area contributed by atoms with E-state index in [9.17, 15) is 14.7 Å². The third-order valence-corrected chi connectivity index (χ3v) is 4.83. The van der Waals surface area contributed by atoms with Crippen LogP contribution in [-0.4, -0.2) is 49.0 Å². The van der Waals surface area contributed by atoms with Crippen LogP contribution in [0.5, 0.6) is 0 Å². The maximum absolute atomic E-state index is 12.6. The van der Waals surface area contributed by atoms with Gasteiger partial charge in [0.2, 0.25) is 5.72 Å². The number of aliphatic carboxylic acids is 1. The van der Waals surface area contributed by atoms with Crippen molar-refractivity contribution in [1.29, 1.82) is 0 Å². The third kappa shape index (κ3) is 4.70. The van der Waals surface area contributed by atoms with Crippen LogP contribution in [0.4, 0.5) is 4.79 Å². The Bertz CT molecular complexity index is 466. The predicted octanol–water partition coefficient (Wildman–Crippen LogP) is 3.07. The smallest absolute Gasteiger partial charge is 0.413 e. The van der Waals surface area contributed by atoms with Crippen LogP contribution >= 0.6 is 0 Å². The standard InChI is InChI=1S/C16H31NO5Si/c1-14(2,3)11-9-16(12(18)19,22-23(7)8)17(10-11)13(20)21-15(4,5)6/h11,23H,9-10H2,1-8H3,(H,18,19)/t11-,16-/m0/s1. The van der Waals surface area contributed by atoms with Crippen LogP contribution < -0.4 is 0 Å². The van der Waals surface area contributed by atoms with Gasteiger partial charge in [-0.1, -0.05) is 20.8 Å². The molecule has 0 spiro atoms. The summed E-state index contributed by atoms with van der Waals surface area (Å²) in [6.45, 7) is 15.6. The molecule has 0 bridgehead atoms. The van der Waals surface area contributed by atoms with Crippen LogP contribution in [0.1, 0.15) is 48.0 Å². The molecule has 1 aliphatic rings.